The van der Waals surface area contributed by atoms with Crippen molar-refractivity contribution in [3.05, 3.63) is 81.1 Å². The molecule has 4 aromatic rings. The number of fused-ring (bicyclic) bond motifs is 1. The standard InChI is InChI=1S/C19H15BrF2N6O2/c1-11(28-18(29)17-14(20)3-2-4-16(17)25-26-28)19(30,8-27-10-23-9-24-27)13-6-5-12(21)7-15(13)22/h2-7,9-11,30H,8H2,1H3. The summed E-state index contributed by atoms with van der Waals surface area (Å²) in [6.07, 6.45) is 2.59. The minimum atomic E-state index is -2.03. The first kappa shape index (κ1) is 20.2. The summed E-state index contributed by atoms with van der Waals surface area (Å²) in [5.41, 5.74) is -2.41. The predicted octanol–water partition coefficient (Wildman–Crippen LogP) is 2.57. The van der Waals surface area contributed by atoms with Gasteiger partial charge in [-0.2, -0.15) is 5.10 Å². The van der Waals surface area contributed by atoms with Crippen molar-refractivity contribution in [3.63, 3.8) is 0 Å². The van der Waals surface area contributed by atoms with Crippen LogP contribution in [0.1, 0.15) is 18.5 Å². The molecule has 0 fully saturated rings. The minimum absolute atomic E-state index is 0.215. The van der Waals surface area contributed by atoms with Crippen molar-refractivity contribution in [2.75, 3.05) is 0 Å². The molecule has 2 aromatic carbocycles. The van der Waals surface area contributed by atoms with E-state index in [1.807, 2.05) is 0 Å². The van der Waals surface area contributed by atoms with Crippen molar-refractivity contribution in [2.24, 2.45) is 0 Å². The second-order valence-electron chi connectivity index (χ2n) is 6.79. The van der Waals surface area contributed by atoms with Crippen LogP contribution in [0.5, 0.6) is 0 Å². The largest absolute Gasteiger partial charge is 0.381 e. The van der Waals surface area contributed by atoms with E-state index in [2.05, 4.69) is 36.3 Å². The molecular weight excluding hydrogens is 462 g/mol. The van der Waals surface area contributed by atoms with Gasteiger partial charge in [0.25, 0.3) is 5.56 Å². The van der Waals surface area contributed by atoms with Crippen LogP contribution in [0.25, 0.3) is 10.9 Å². The highest BCUT2D eigenvalue weighted by Gasteiger charge is 2.41. The van der Waals surface area contributed by atoms with Crippen molar-refractivity contribution in [3.8, 4) is 0 Å². The highest BCUT2D eigenvalue weighted by atomic mass is 79.9. The number of aromatic nitrogens is 6. The minimum Gasteiger partial charge on any atom is -0.381 e. The van der Waals surface area contributed by atoms with Crippen LogP contribution in [0.3, 0.4) is 0 Å². The highest BCUT2D eigenvalue weighted by molar-refractivity contribution is 9.10. The molecule has 0 aliphatic heterocycles. The molecule has 0 aliphatic rings. The van der Waals surface area contributed by atoms with Crippen LogP contribution in [0, 0.1) is 11.6 Å². The van der Waals surface area contributed by atoms with Gasteiger partial charge in [-0.1, -0.05) is 17.3 Å². The lowest BCUT2D eigenvalue weighted by atomic mass is 9.86. The molecule has 0 aliphatic carbocycles. The van der Waals surface area contributed by atoms with Crippen LogP contribution in [0.15, 0.2) is 58.3 Å². The number of hydrogen-bond donors (Lipinski definition) is 1. The second-order valence-corrected chi connectivity index (χ2v) is 7.64. The number of aliphatic hydroxyl groups is 1. The maximum absolute atomic E-state index is 14.7. The number of halogens is 3. The fraction of sp³-hybridized carbons (Fsp3) is 0.211. The summed E-state index contributed by atoms with van der Waals surface area (Å²) in [4.78, 5) is 17.0. The van der Waals surface area contributed by atoms with Crippen LogP contribution in [-0.4, -0.2) is 34.9 Å². The van der Waals surface area contributed by atoms with Gasteiger partial charge in [0.05, 0.1) is 18.0 Å². The van der Waals surface area contributed by atoms with Gasteiger partial charge in [-0.15, -0.1) is 5.10 Å². The van der Waals surface area contributed by atoms with E-state index < -0.39 is 28.8 Å². The summed E-state index contributed by atoms with van der Waals surface area (Å²) in [6, 6.07) is 6.75. The molecule has 2 aromatic heterocycles. The molecule has 1 N–H and O–H groups in total. The molecule has 2 heterocycles. The van der Waals surface area contributed by atoms with Gasteiger partial charge in [-0.3, -0.25) is 4.79 Å². The summed E-state index contributed by atoms with van der Waals surface area (Å²) >= 11 is 3.33. The Morgan fingerprint density at radius 1 is 1.27 bits per heavy atom. The van der Waals surface area contributed by atoms with Crippen molar-refractivity contribution in [1.82, 2.24) is 29.8 Å². The van der Waals surface area contributed by atoms with Crippen molar-refractivity contribution >= 4 is 26.8 Å². The third-order valence-corrected chi connectivity index (χ3v) is 5.65. The maximum Gasteiger partial charge on any atom is 0.279 e. The number of benzene rings is 2. The van der Waals surface area contributed by atoms with Crippen LogP contribution < -0.4 is 5.56 Å². The zero-order chi connectivity index (χ0) is 21.5. The third-order valence-electron chi connectivity index (χ3n) is 4.99. The third kappa shape index (κ3) is 3.39. The van der Waals surface area contributed by atoms with Gasteiger partial charge in [-0.25, -0.2) is 23.1 Å². The highest BCUT2D eigenvalue weighted by Crippen LogP contribution is 2.36. The molecule has 2 atom stereocenters. The lowest BCUT2D eigenvalue weighted by Crippen LogP contribution is -2.44. The number of nitrogens with zero attached hydrogens (tertiary/aromatic N) is 6. The molecule has 0 bridgehead atoms. The topological polar surface area (TPSA) is 98.7 Å². The zero-order valence-corrected chi connectivity index (χ0v) is 17.2. The Bertz CT molecular complexity index is 1280. The quantitative estimate of drug-likeness (QED) is 0.475. The summed E-state index contributed by atoms with van der Waals surface area (Å²) in [7, 11) is 0. The van der Waals surface area contributed by atoms with Gasteiger partial charge < -0.3 is 5.11 Å². The Kier molecular flexibility index (Phi) is 5.16. The molecule has 0 spiro atoms. The van der Waals surface area contributed by atoms with Crippen molar-refractivity contribution in [2.45, 2.75) is 25.1 Å². The monoisotopic (exact) mass is 476 g/mol. The van der Waals surface area contributed by atoms with E-state index in [-0.39, 0.29) is 17.5 Å². The van der Waals surface area contributed by atoms with E-state index >= 15 is 0 Å². The molecule has 4 rings (SSSR count). The molecule has 8 nitrogen and oxygen atoms in total. The van der Waals surface area contributed by atoms with Crippen LogP contribution in [0.4, 0.5) is 8.78 Å². The first-order valence-corrected chi connectivity index (χ1v) is 9.64. The van der Waals surface area contributed by atoms with Gasteiger partial charge in [0.2, 0.25) is 0 Å². The summed E-state index contributed by atoms with van der Waals surface area (Å²) in [5, 5.41) is 23.8. The molecule has 0 saturated carbocycles. The van der Waals surface area contributed by atoms with E-state index in [1.165, 1.54) is 24.3 Å². The maximum atomic E-state index is 14.7. The van der Waals surface area contributed by atoms with Crippen LogP contribution in [0.2, 0.25) is 0 Å². The van der Waals surface area contributed by atoms with E-state index in [0.717, 1.165) is 16.8 Å². The Morgan fingerprint density at radius 2 is 2.07 bits per heavy atom. The first-order chi connectivity index (χ1) is 14.3. The van der Waals surface area contributed by atoms with E-state index in [0.29, 0.717) is 16.1 Å². The van der Waals surface area contributed by atoms with Gasteiger partial charge in [0.1, 0.15) is 35.4 Å². The van der Waals surface area contributed by atoms with E-state index in [1.54, 1.807) is 18.2 Å². The summed E-state index contributed by atoms with van der Waals surface area (Å²) in [5.74, 6) is -1.76. The van der Waals surface area contributed by atoms with Gasteiger partial charge >= 0.3 is 0 Å². The molecule has 11 heteroatoms. The zero-order valence-electron chi connectivity index (χ0n) is 15.6. The molecule has 0 radical (unpaired) electrons. The fourth-order valence-electron chi connectivity index (χ4n) is 3.36. The molecule has 30 heavy (non-hydrogen) atoms. The van der Waals surface area contributed by atoms with Gasteiger partial charge in [0.15, 0.2) is 0 Å². The normalized spacial score (nSPS) is 14.6. The van der Waals surface area contributed by atoms with Gasteiger partial charge in [0, 0.05) is 16.1 Å². The van der Waals surface area contributed by atoms with Crippen LogP contribution >= 0.6 is 15.9 Å². The Hall–Kier alpha value is -3.05. The average Bonchev–Trinajstić information content (AvgIpc) is 3.20. The second kappa shape index (κ2) is 7.65. The van der Waals surface area contributed by atoms with Crippen molar-refractivity contribution in [1.29, 1.82) is 0 Å². The predicted molar refractivity (Wildman–Crippen MR) is 106 cm³/mol. The lowest BCUT2D eigenvalue weighted by Gasteiger charge is -2.34. The van der Waals surface area contributed by atoms with E-state index in [9.17, 15) is 18.7 Å². The SMILES string of the molecule is CC(n1nnc2cccc(Br)c2c1=O)C(O)(Cn1cncn1)c1ccc(F)cc1F. The molecule has 2 unspecified atom stereocenters. The fourth-order valence-corrected chi connectivity index (χ4v) is 3.88. The Morgan fingerprint density at radius 3 is 2.77 bits per heavy atom. The van der Waals surface area contributed by atoms with Crippen LogP contribution in [-0.2, 0) is 12.1 Å². The number of rotatable bonds is 5. The van der Waals surface area contributed by atoms with E-state index in [4.69, 9.17) is 0 Å². The Labute approximate surface area is 176 Å². The van der Waals surface area contributed by atoms with Gasteiger partial charge in [-0.05, 0) is 41.1 Å². The summed E-state index contributed by atoms with van der Waals surface area (Å²) < 4.78 is 31.0. The molecule has 154 valence electrons. The average molecular weight is 477 g/mol. The molecular formula is C19H15BrF2N6O2. The first-order valence-electron chi connectivity index (χ1n) is 8.85. The molecule has 0 saturated heterocycles. The lowest BCUT2D eigenvalue weighted by molar-refractivity contribution is -0.0390. The molecule has 0 amide bonds. The number of hydrogen-bond acceptors (Lipinski definition) is 6. The Balaban J connectivity index is 1.91. The smallest absolute Gasteiger partial charge is 0.279 e. The van der Waals surface area contributed by atoms with Crippen molar-refractivity contribution < 1.29 is 13.9 Å². The summed E-state index contributed by atoms with van der Waals surface area (Å²) in [6.45, 7) is 1.23.